The Labute approximate surface area is 221 Å². The van der Waals surface area contributed by atoms with Crippen molar-refractivity contribution in [3.05, 3.63) is 105 Å². The molecule has 0 unspecified atom stereocenters. The van der Waals surface area contributed by atoms with Crippen LogP contribution >= 0.6 is 11.3 Å². The fourth-order valence-corrected chi connectivity index (χ4v) is 5.81. The highest BCUT2D eigenvalue weighted by atomic mass is 32.1. The first kappa shape index (κ1) is 25.4. The summed E-state index contributed by atoms with van der Waals surface area (Å²) in [7, 11) is 0. The Morgan fingerprint density at radius 1 is 1.00 bits per heavy atom. The Hall–Kier alpha value is -4.24. The van der Waals surface area contributed by atoms with Gasteiger partial charge in [0.2, 0.25) is 0 Å². The lowest BCUT2D eigenvalue weighted by Gasteiger charge is -2.08. The summed E-state index contributed by atoms with van der Waals surface area (Å²) >= 11 is 1.62. The minimum atomic E-state index is -1.01. The van der Waals surface area contributed by atoms with Crippen molar-refractivity contribution in [2.75, 3.05) is 6.54 Å². The van der Waals surface area contributed by atoms with Crippen LogP contribution in [-0.4, -0.2) is 32.7 Å². The summed E-state index contributed by atoms with van der Waals surface area (Å²) in [6.45, 7) is 2.59. The second-order valence-electron chi connectivity index (χ2n) is 9.17. The third-order valence-corrected chi connectivity index (χ3v) is 7.68. The molecule has 0 aliphatic rings. The lowest BCUT2D eigenvalue weighted by Crippen LogP contribution is -2.26. The van der Waals surface area contributed by atoms with Gasteiger partial charge in [-0.15, -0.1) is 11.3 Å². The molecule has 0 radical (unpaired) electrons. The van der Waals surface area contributed by atoms with Gasteiger partial charge in [-0.1, -0.05) is 30.3 Å². The first-order valence-corrected chi connectivity index (χ1v) is 13.1. The van der Waals surface area contributed by atoms with E-state index < -0.39 is 5.97 Å². The summed E-state index contributed by atoms with van der Waals surface area (Å²) < 4.78 is 18.1. The molecule has 0 saturated heterocycles. The molecule has 2 N–H and O–H groups in total. The number of imidazole rings is 1. The highest BCUT2D eigenvalue weighted by Gasteiger charge is 2.18. The number of halogens is 1. The summed E-state index contributed by atoms with van der Waals surface area (Å²) in [6, 6.07) is 17.5. The van der Waals surface area contributed by atoms with Crippen molar-refractivity contribution in [1.82, 2.24) is 14.5 Å². The van der Waals surface area contributed by atoms with Crippen molar-refractivity contribution in [2.24, 2.45) is 0 Å². The summed E-state index contributed by atoms with van der Waals surface area (Å²) in [4.78, 5) is 37.7. The number of hydrogen-bond acceptors (Lipinski definition) is 4. The van der Waals surface area contributed by atoms with E-state index in [0.29, 0.717) is 35.1 Å². The van der Waals surface area contributed by atoms with Crippen LogP contribution in [-0.2, 0) is 24.3 Å². The number of carboxylic acids is 1. The van der Waals surface area contributed by atoms with Gasteiger partial charge in [-0.05, 0) is 65.7 Å². The SMILES string of the molecule is Cc1cccc2scc(Cn3c(=O)n(CCC(=O)O)c4cc(C(=O)NCCc5ccccc5F)ccc43)c12. The fourth-order valence-electron chi connectivity index (χ4n) is 4.78. The highest BCUT2D eigenvalue weighted by molar-refractivity contribution is 7.17. The van der Waals surface area contributed by atoms with Gasteiger partial charge in [0, 0.05) is 28.7 Å². The quantitative estimate of drug-likeness (QED) is 0.281. The number of benzene rings is 3. The molecule has 0 spiro atoms. The number of aryl methyl sites for hydroxylation is 2. The van der Waals surface area contributed by atoms with Crippen LogP contribution < -0.4 is 11.0 Å². The topological polar surface area (TPSA) is 93.3 Å². The third-order valence-electron chi connectivity index (χ3n) is 6.68. The Morgan fingerprint density at radius 3 is 2.61 bits per heavy atom. The van der Waals surface area contributed by atoms with E-state index in [2.05, 4.69) is 5.32 Å². The summed E-state index contributed by atoms with van der Waals surface area (Å²) in [5.41, 5.74) is 3.77. The van der Waals surface area contributed by atoms with E-state index in [1.165, 1.54) is 10.6 Å². The number of aliphatic carboxylic acids is 1. The number of amides is 1. The number of carbonyl (C=O) groups excluding carboxylic acids is 1. The molecule has 38 heavy (non-hydrogen) atoms. The van der Waals surface area contributed by atoms with E-state index in [1.807, 2.05) is 30.5 Å². The largest absolute Gasteiger partial charge is 0.481 e. The maximum Gasteiger partial charge on any atom is 0.329 e. The van der Waals surface area contributed by atoms with Gasteiger partial charge < -0.3 is 10.4 Å². The zero-order valence-electron chi connectivity index (χ0n) is 20.7. The van der Waals surface area contributed by atoms with Gasteiger partial charge in [-0.25, -0.2) is 9.18 Å². The number of fused-ring (bicyclic) bond motifs is 2. The van der Waals surface area contributed by atoms with E-state index in [1.54, 1.807) is 52.3 Å². The van der Waals surface area contributed by atoms with Gasteiger partial charge in [-0.3, -0.25) is 18.7 Å². The van der Waals surface area contributed by atoms with E-state index >= 15 is 0 Å². The molecule has 5 aromatic rings. The number of carbonyl (C=O) groups is 2. The number of aromatic nitrogens is 2. The van der Waals surface area contributed by atoms with Crippen molar-refractivity contribution in [3.8, 4) is 0 Å². The first-order chi connectivity index (χ1) is 18.3. The molecule has 1 amide bonds. The average molecular weight is 532 g/mol. The fraction of sp³-hybridized carbons (Fsp3) is 0.207. The molecular weight excluding hydrogens is 505 g/mol. The third kappa shape index (κ3) is 4.97. The van der Waals surface area contributed by atoms with E-state index in [0.717, 1.165) is 21.2 Å². The zero-order chi connectivity index (χ0) is 26.8. The Bertz CT molecular complexity index is 1730. The number of nitrogens with one attached hydrogen (secondary N) is 1. The minimum Gasteiger partial charge on any atom is -0.481 e. The Kier molecular flexibility index (Phi) is 7.11. The zero-order valence-corrected chi connectivity index (χ0v) is 21.6. The Morgan fingerprint density at radius 2 is 1.82 bits per heavy atom. The second kappa shape index (κ2) is 10.6. The summed E-state index contributed by atoms with van der Waals surface area (Å²) in [6.07, 6.45) is 0.118. The smallest absolute Gasteiger partial charge is 0.329 e. The standard InChI is InChI=1S/C29H26FN3O4S/c1-18-5-4-8-25-27(18)21(17-38-25)16-33-23-10-9-20(15-24(23)32(29(33)37)14-12-26(34)35)28(36)31-13-11-19-6-2-3-7-22(19)30/h2-10,15,17H,11-14,16H2,1H3,(H,31,36)(H,34,35). The molecule has 0 bridgehead atoms. The maximum absolute atomic E-state index is 13.9. The first-order valence-electron chi connectivity index (χ1n) is 12.3. The molecular formula is C29H26FN3O4S. The number of carboxylic acid groups (broad SMARTS) is 1. The molecule has 194 valence electrons. The van der Waals surface area contributed by atoms with Crippen LogP contribution in [0, 0.1) is 12.7 Å². The predicted molar refractivity (Wildman–Crippen MR) is 147 cm³/mol. The number of rotatable bonds is 9. The molecule has 0 aliphatic carbocycles. The molecule has 0 fully saturated rings. The molecule has 5 rings (SSSR count). The Balaban J connectivity index is 1.46. The van der Waals surface area contributed by atoms with E-state index in [4.69, 9.17) is 0 Å². The predicted octanol–water partition coefficient (Wildman–Crippen LogP) is 4.96. The molecule has 2 aromatic heterocycles. The molecule has 0 saturated carbocycles. The molecule has 0 atom stereocenters. The van der Waals surface area contributed by atoms with Crippen LogP contribution in [0.15, 0.2) is 70.8 Å². The molecule has 9 heteroatoms. The van der Waals surface area contributed by atoms with Crippen molar-refractivity contribution >= 4 is 44.3 Å². The van der Waals surface area contributed by atoms with Gasteiger partial charge >= 0.3 is 11.7 Å². The monoisotopic (exact) mass is 531 g/mol. The van der Waals surface area contributed by atoms with Crippen molar-refractivity contribution in [2.45, 2.75) is 32.9 Å². The number of nitrogens with zero attached hydrogens (tertiary/aromatic N) is 2. The summed E-state index contributed by atoms with van der Waals surface area (Å²) in [5, 5.41) is 15.2. The van der Waals surface area contributed by atoms with Crippen LogP contribution in [0.1, 0.15) is 33.5 Å². The maximum atomic E-state index is 13.9. The highest BCUT2D eigenvalue weighted by Crippen LogP contribution is 2.30. The second-order valence-corrected chi connectivity index (χ2v) is 10.1. The van der Waals surface area contributed by atoms with Crippen LogP contribution in [0.3, 0.4) is 0 Å². The average Bonchev–Trinajstić information content (AvgIpc) is 3.43. The van der Waals surface area contributed by atoms with Gasteiger partial charge in [0.15, 0.2) is 0 Å². The van der Waals surface area contributed by atoms with Gasteiger partial charge in [0.25, 0.3) is 5.91 Å². The van der Waals surface area contributed by atoms with Crippen molar-refractivity contribution in [3.63, 3.8) is 0 Å². The number of hydrogen-bond donors (Lipinski definition) is 2. The van der Waals surface area contributed by atoms with Gasteiger partial charge in [-0.2, -0.15) is 0 Å². The van der Waals surface area contributed by atoms with Gasteiger partial charge in [0.05, 0.1) is 24.0 Å². The van der Waals surface area contributed by atoms with Gasteiger partial charge in [0.1, 0.15) is 5.82 Å². The molecule has 2 heterocycles. The van der Waals surface area contributed by atoms with Crippen LogP contribution in [0.4, 0.5) is 4.39 Å². The molecule has 3 aromatic carbocycles. The van der Waals surface area contributed by atoms with Crippen molar-refractivity contribution in [1.29, 1.82) is 0 Å². The van der Waals surface area contributed by atoms with Crippen LogP contribution in [0.2, 0.25) is 0 Å². The lowest BCUT2D eigenvalue weighted by molar-refractivity contribution is -0.137. The molecule has 7 nitrogen and oxygen atoms in total. The normalized spacial score (nSPS) is 11.3. The van der Waals surface area contributed by atoms with Crippen LogP contribution in [0.5, 0.6) is 0 Å². The molecule has 0 aliphatic heterocycles. The van der Waals surface area contributed by atoms with Crippen molar-refractivity contribution < 1.29 is 19.1 Å². The van der Waals surface area contributed by atoms with Crippen LogP contribution in [0.25, 0.3) is 21.1 Å². The van der Waals surface area contributed by atoms with E-state index in [9.17, 15) is 23.9 Å². The lowest BCUT2D eigenvalue weighted by atomic mass is 10.1. The summed E-state index contributed by atoms with van der Waals surface area (Å²) in [5.74, 6) is -1.69. The minimum absolute atomic E-state index is 0.0144. The number of thiophene rings is 1. The van der Waals surface area contributed by atoms with E-state index in [-0.39, 0.29) is 36.9 Å².